The molecule has 0 bridgehead atoms. The van der Waals surface area contributed by atoms with Gasteiger partial charge in [0.1, 0.15) is 12.4 Å². The van der Waals surface area contributed by atoms with Gasteiger partial charge in [0.2, 0.25) is 5.91 Å². The Kier molecular flexibility index (Phi) is 5.20. The molecule has 0 aromatic heterocycles. The average molecular weight is 293 g/mol. The first-order valence-electron chi connectivity index (χ1n) is 7.30. The van der Waals surface area contributed by atoms with Gasteiger partial charge in [0, 0.05) is 19.1 Å². The standard InChI is InChI=1S/C16H23NO4/c1-4-14(18)11-7-10(2)16-12(8-11)13(5-6-21-16)17-15(19)9-20-3/h7-8,13-14,18H,4-6,9H2,1-3H3,(H,17,19). The van der Waals surface area contributed by atoms with Crippen LogP contribution in [0.3, 0.4) is 0 Å². The van der Waals surface area contributed by atoms with Crippen molar-refractivity contribution in [2.45, 2.75) is 38.8 Å². The number of ether oxygens (including phenoxy) is 2. The van der Waals surface area contributed by atoms with E-state index >= 15 is 0 Å². The molecule has 1 aliphatic rings. The molecule has 2 rings (SSSR count). The third-order valence-electron chi connectivity index (χ3n) is 3.74. The number of fused-ring (bicyclic) bond motifs is 1. The van der Waals surface area contributed by atoms with Crippen LogP contribution >= 0.6 is 0 Å². The molecule has 0 aliphatic carbocycles. The SMILES string of the molecule is CCC(O)c1cc(C)c2c(c1)C(NC(=O)COC)CCO2. The van der Waals surface area contributed by atoms with Gasteiger partial charge in [-0.05, 0) is 36.6 Å². The van der Waals surface area contributed by atoms with Crippen LogP contribution in [-0.4, -0.2) is 31.3 Å². The molecular weight excluding hydrogens is 270 g/mol. The number of benzene rings is 1. The van der Waals surface area contributed by atoms with E-state index in [9.17, 15) is 9.90 Å². The molecule has 5 heteroatoms. The summed E-state index contributed by atoms with van der Waals surface area (Å²) < 4.78 is 10.6. The van der Waals surface area contributed by atoms with Gasteiger partial charge < -0.3 is 19.9 Å². The largest absolute Gasteiger partial charge is 0.493 e. The lowest BCUT2D eigenvalue weighted by Gasteiger charge is -2.29. The summed E-state index contributed by atoms with van der Waals surface area (Å²) in [4.78, 5) is 11.8. The van der Waals surface area contributed by atoms with Crippen LogP contribution in [0.25, 0.3) is 0 Å². The van der Waals surface area contributed by atoms with E-state index in [4.69, 9.17) is 9.47 Å². The zero-order valence-electron chi connectivity index (χ0n) is 12.8. The van der Waals surface area contributed by atoms with Crippen molar-refractivity contribution in [3.63, 3.8) is 0 Å². The number of aryl methyl sites for hydroxylation is 1. The second kappa shape index (κ2) is 6.91. The molecule has 0 radical (unpaired) electrons. The van der Waals surface area contributed by atoms with Crippen molar-refractivity contribution < 1.29 is 19.4 Å². The zero-order valence-corrected chi connectivity index (χ0v) is 12.8. The maximum atomic E-state index is 11.8. The van der Waals surface area contributed by atoms with Gasteiger partial charge in [-0.1, -0.05) is 6.92 Å². The van der Waals surface area contributed by atoms with Crippen molar-refractivity contribution in [1.82, 2.24) is 5.32 Å². The van der Waals surface area contributed by atoms with E-state index in [-0.39, 0.29) is 18.6 Å². The molecule has 0 spiro atoms. The summed E-state index contributed by atoms with van der Waals surface area (Å²) in [5, 5.41) is 13.0. The highest BCUT2D eigenvalue weighted by Crippen LogP contribution is 2.37. The van der Waals surface area contributed by atoms with E-state index < -0.39 is 6.10 Å². The molecule has 5 nitrogen and oxygen atoms in total. The Balaban J connectivity index is 2.31. The molecule has 2 unspecified atom stereocenters. The number of rotatable bonds is 5. The maximum absolute atomic E-state index is 11.8. The number of hydrogen-bond acceptors (Lipinski definition) is 4. The average Bonchev–Trinajstić information content (AvgIpc) is 2.47. The molecule has 0 saturated carbocycles. The number of nitrogens with one attached hydrogen (secondary N) is 1. The third kappa shape index (κ3) is 3.54. The molecule has 1 aromatic rings. The molecule has 1 aliphatic heterocycles. The Hall–Kier alpha value is -1.59. The highest BCUT2D eigenvalue weighted by Gasteiger charge is 2.25. The van der Waals surface area contributed by atoms with Gasteiger partial charge in [-0.25, -0.2) is 0 Å². The minimum atomic E-state index is -0.494. The molecule has 116 valence electrons. The lowest BCUT2D eigenvalue weighted by atomic mass is 9.93. The van der Waals surface area contributed by atoms with Crippen molar-refractivity contribution >= 4 is 5.91 Å². The Morgan fingerprint density at radius 1 is 1.57 bits per heavy atom. The van der Waals surface area contributed by atoms with Gasteiger partial charge >= 0.3 is 0 Å². The minimum absolute atomic E-state index is 0.0446. The number of aliphatic hydroxyl groups excluding tert-OH is 1. The quantitative estimate of drug-likeness (QED) is 0.871. The first kappa shape index (κ1) is 15.8. The van der Waals surface area contributed by atoms with E-state index in [0.717, 1.165) is 22.4 Å². The number of hydrogen-bond donors (Lipinski definition) is 2. The molecule has 2 atom stereocenters. The summed E-state index contributed by atoms with van der Waals surface area (Å²) >= 11 is 0. The number of methoxy groups -OCH3 is 1. The molecule has 21 heavy (non-hydrogen) atoms. The van der Waals surface area contributed by atoms with Crippen molar-refractivity contribution in [3.8, 4) is 5.75 Å². The fourth-order valence-electron chi connectivity index (χ4n) is 2.67. The Morgan fingerprint density at radius 2 is 2.33 bits per heavy atom. The van der Waals surface area contributed by atoms with E-state index in [0.29, 0.717) is 19.4 Å². The highest BCUT2D eigenvalue weighted by molar-refractivity contribution is 5.78. The fourth-order valence-corrected chi connectivity index (χ4v) is 2.67. The molecule has 0 saturated heterocycles. The third-order valence-corrected chi connectivity index (χ3v) is 3.74. The first-order valence-corrected chi connectivity index (χ1v) is 7.30. The summed E-state index contributed by atoms with van der Waals surface area (Å²) in [7, 11) is 1.50. The Morgan fingerprint density at radius 3 is 3.00 bits per heavy atom. The number of aliphatic hydroxyl groups is 1. The van der Waals surface area contributed by atoms with Crippen LogP contribution in [0.15, 0.2) is 12.1 Å². The lowest BCUT2D eigenvalue weighted by molar-refractivity contribution is -0.125. The van der Waals surface area contributed by atoms with Gasteiger partial charge in [-0.2, -0.15) is 0 Å². The van der Waals surface area contributed by atoms with Crippen LogP contribution in [0, 0.1) is 6.92 Å². The number of carbonyl (C=O) groups is 1. The van der Waals surface area contributed by atoms with Crippen LogP contribution in [0.4, 0.5) is 0 Å². The monoisotopic (exact) mass is 293 g/mol. The minimum Gasteiger partial charge on any atom is -0.493 e. The van der Waals surface area contributed by atoms with Crippen LogP contribution in [0.1, 0.15) is 48.6 Å². The van der Waals surface area contributed by atoms with E-state index in [1.807, 2.05) is 26.0 Å². The second-order valence-electron chi connectivity index (χ2n) is 5.37. The predicted octanol–water partition coefficient (Wildman–Crippen LogP) is 2.02. The van der Waals surface area contributed by atoms with Gasteiger partial charge in [0.05, 0.1) is 18.8 Å². The van der Waals surface area contributed by atoms with Crippen molar-refractivity contribution in [1.29, 1.82) is 0 Å². The summed E-state index contributed by atoms with van der Waals surface area (Å²) in [6.07, 6.45) is 0.874. The fraction of sp³-hybridized carbons (Fsp3) is 0.562. The first-order chi connectivity index (χ1) is 10.1. The molecule has 1 amide bonds. The summed E-state index contributed by atoms with van der Waals surface area (Å²) in [5.74, 6) is 0.672. The summed E-state index contributed by atoms with van der Waals surface area (Å²) in [5.41, 5.74) is 2.79. The van der Waals surface area contributed by atoms with Crippen molar-refractivity contribution in [2.75, 3.05) is 20.3 Å². The smallest absolute Gasteiger partial charge is 0.246 e. The topological polar surface area (TPSA) is 67.8 Å². The molecule has 1 aromatic carbocycles. The molecule has 1 heterocycles. The van der Waals surface area contributed by atoms with Crippen LogP contribution in [-0.2, 0) is 9.53 Å². The predicted molar refractivity (Wildman–Crippen MR) is 79.3 cm³/mol. The van der Waals surface area contributed by atoms with Crippen molar-refractivity contribution in [3.05, 3.63) is 28.8 Å². The Labute approximate surface area is 125 Å². The van der Waals surface area contributed by atoms with Crippen molar-refractivity contribution in [2.24, 2.45) is 0 Å². The van der Waals surface area contributed by atoms with Gasteiger partial charge in [-0.15, -0.1) is 0 Å². The van der Waals surface area contributed by atoms with E-state index in [1.54, 1.807) is 0 Å². The molecular formula is C16H23NO4. The number of carbonyl (C=O) groups excluding carboxylic acids is 1. The van der Waals surface area contributed by atoms with Gasteiger partial charge in [0.25, 0.3) is 0 Å². The highest BCUT2D eigenvalue weighted by atomic mass is 16.5. The zero-order chi connectivity index (χ0) is 15.4. The number of amides is 1. The van der Waals surface area contributed by atoms with Crippen LogP contribution < -0.4 is 10.1 Å². The summed E-state index contributed by atoms with van der Waals surface area (Å²) in [6, 6.07) is 3.79. The molecule has 2 N–H and O–H groups in total. The van der Waals surface area contributed by atoms with Gasteiger partial charge in [-0.3, -0.25) is 4.79 Å². The summed E-state index contributed by atoms with van der Waals surface area (Å²) in [6.45, 7) is 4.52. The molecule has 0 fully saturated rings. The van der Waals surface area contributed by atoms with Gasteiger partial charge in [0.15, 0.2) is 0 Å². The van der Waals surface area contributed by atoms with E-state index in [2.05, 4.69) is 5.32 Å². The maximum Gasteiger partial charge on any atom is 0.246 e. The lowest BCUT2D eigenvalue weighted by Crippen LogP contribution is -2.34. The second-order valence-corrected chi connectivity index (χ2v) is 5.37. The van der Waals surface area contributed by atoms with Crippen LogP contribution in [0.5, 0.6) is 5.75 Å². The normalized spacial score (nSPS) is 18.6. The van der Waals surface area contributed by atoms with Crippen LogP contribution in [0.2, 0.25) is 0 Å². The van der Waals surface area contributed by atoms with E-state index in [1.165, 1.54) is 7.11 Å². The Bertz CT molecular complexity index is 515.